The maximum absolute atomic E-state index is 12.9. The number of allylic oxidation sites excluding steroid dienone is 2. The molecule has 404 valence electrons. The first kappa shape index (κ1) is 65.1. The monoisotopic (exact) mass is 991 g/mol. The predicted octanol–water partition coefficient (Wildman–Crippen LogP) is 13.4. The average Bonchev–Trinajstić information content (AvgIpc) is 3.32. The van der Waals surface area contributed by atoms with Crippen LogP contribution in [0, 0.1) is 0 Å². The quantitative estimate of drug-likeness (QED) is 0.0146. The minimum Gasteiger partial charge on any atom is -0.457 e. The summed E-state index contributed by atoms with van der Waals surface area (Å²) >= 11 is 0. The standard InChI is InChI=1S/C55H107O12P/c1-3-5-7-9-11-13-15-17-19-21-23-24-25-26-27-28-30-32-34-36-38-40-42-44-49(56)66-48(47-65-68(62,63)67-55-53(60)51(58)50(57)52(59)54(55)61)46-64-45-43-41-39-37-35-33-31-29-22-20-18-16-14-12-10-8-6-4-2/h18,20,48,50-55,57-61H,3-17,19,21-47H2,1-2H3,(H,62,63)/b20-18-. The summed E-state index contributed by atoms with van der Waals surface area (Å²) in [6, 6.07) is 0. The summed E-state index contributed by atoms with van der Waals surface area (Å²) in [5, 5.41) is 50.4. The van der Waals surface area contributed by atoms with Crippen molar-refractivity contribution in [1.82, 2.24) is 0 Å². The molecule has 1 saturated carbocycles. The smallest absolute Gasteiger partial charge is 0.457 e. The normalized spacial score (nSPS) is 21.1. The van der Waals surface area contributed by atoms with Gasteiger partial charge in [0.2, 0.25) is 0 Å². The molecule has 0 aliphatic heterocycles. The van der Waals surface area contributed by atoms with Gasteiger partial charge >= 0.3 is 13.8 Å². The first-order valence-corrected chi connectivity index (χ1v) is 30.0. The number of aliphatic hydroxyl groups is 5. The number of aliphatic hydroxyl groups excluding tert-OH is 5. The van der Waals surface area contributed by atoms with Crippen molar-refractivity contribution in [3.05, 3.63) is 12.2 Å². The van der Waals surface area contributed by atoms with Gasteiger partial charge in [0, 0.05) is 13.0 Å². The number of hydrogen-bond acceptors (Lipinski definition) is 11. The lowest BCUT2D eigenvalue weighted by Gasteiger charge is -2.41. The van der Waals surface area contributed by atoms with Crippen molar-refractivity contribution < 1.29 is 58.3 Å². The molecule has 1 aliphatic carbocycles. The van der Waals surface area contributed by atoms with Gasteiger partial charge < -0.3 is 39.9 Å². The summed E-state index contributed by atoms with van der Waals surface area (Å²) in [6.45, 7) is 4.31. The number of phosphoric ester groups is 1. The van der Waals surface area contributed by atoms with Crippen molar-refractivity contribution in [2.45, 2.75) is 313 Å². The van der Waals surface area contributed by atoms with Crippen molar-refractivity contribution in [3.63, 3.8) is 0 Å². The second-order valence-corrected chi connectivity index (χ2v) is 21.6. The third-order valence-corrected chi connectivity index (χ3v) is 14.6. The van der Waals surface area contributed by atoms with Crippen LogP contribution in [0.15, 0.2) is 12.2 Å². The van der Waals surface area contributed by atoms with Gasteiger partial charge in [0.25, 0.3) is 0 Å². The lowest BCUT2D eigenvalue weighted by molar-refractivity contribution is -0.220. The van der Waals surface area contributed by atoms with E-state index < -0.39 is 63.1 Å². The number of hydrogen-bond donors (Lipinski definition) is 6. The van der Waals surface area contributed by atoms with E-state index in [0.717, 1.165) is 38.5 Å². The van der Waals surface area contributed by atoms with E-state index in [1.807, 2.05) is 0 Å². The van der Waals surface area contributed by atoms with Crippen molar-refractivity contribution in [3.8, 4) is 0 Å². The van der Waals surface area contributed by atoms with Gasteiger partial charge in [-0.2, -0.15) is 0 Å². The van der Waals surface area contributed by atoms with Gasteiger partial charge in [-0.1, -0.05) is 238 Å². The van der Waals surface area contributed by atoms with E-state index in [1.54, 1.807) is 0 Å². The van der Waals surface area contributed by atoms with E-state index in [-0.39, 0.29) is 13.0 Å². The van der Waals surface area contributed by atoms with Crippen LogP contribution < -0.4 is 0 Å². The van der Waals surface area contributed by atoms with Gasteiger partial charge in [0.05, 0.1) is 13.2 Å². The summed E-state index contributed by atoms with van der Waals surface area (Å²) in [6.07, 6.45) is 41.4. The number of carbonyl (C=O) groups is 1. The van der Waals surface area contributed by atoms with Crippen LogP contribution in [0.4, 0.5) is 0 Å². The van der Waals surface area contributed by atoms with E-state index >= 15 is 0 Å². The van der Waals surface area contributed by atoms with E-state index in [9.17, 15) is 39.8 Å². The molecule has 0 aromatic carbocycles. The Bertz CT molecular complexity index is 1180. The van der Waals surface area contributed by atoms with Crippen molar-refractivity contribution >= 4 is 13.8 Å². The minimum absolute atomic E-state index is 0.0726. The highest BCUT2D eigenvalue weighted by Crippen LogP contribution is 2.47. The zero-order chi connectivity index (χ0) is 49.8. The molecule has 0 heterocycles. The molecule has 0 amide bonds. The molecule has 1 aliphatic rings. The Morgan fingerprint density at radius 2 is 0.779 bits per heavy atom. The van der Waals surface area contributed by atoms with Gasteiger partial charge in [-0.25, -0.2) is 4.57 Å². The summed E-state index contributed by atoms with van der Waals surface area (Å²) in [4.78, 5) is 23.3. The fourth-order valence-electron chi connectivity index (χ4n) is 9.12. The molecule has 12 nitrogen and oxygen atoms in total. The Kier molecular flexibility index (Phi) is 43.9. The molecule has 68 heavy (non-hydrogen) atoms. The molecule has 0 radical (unpaired) electrons. The van der Waals surface area contributed by atoms with Gasteiger partial charge in [0.15, 0.2) is 0 Å². The predicted molar refractivity (Wildman–Crippen MR) is 277 cm³/mol. The van der Waals surface area contributed by atoms with E-state index in [4.69, 9.17) is 18.5 Å². The Hall–Kier alpha value is -0.920. The van der Waals surface area contributed by atoms with Crippen LogP contribution in [0.3, 0.4) is 0 Å². The number of esters is 1. The molecule has 0 aromatic rings. The lowest BCUT2D eigenvalue weighted by Crippen LogP contribution is -2.64. The molecule has 6 unspecified atom stereocenters. The van der Waals surface area contributed by atoms with Crippen LogP contribution in [0.2, 0.25) is 0 Å². The first-order valence-electron chi connectivity index (χ1n) is 28.5. The second-order valence-electron chi connectivity index (χ2n) is 20.1. The van der Waals surface area contributed by atoms with Crippen LogP contribution in [-0.2, 0) is 27.9 Å². The Balaban J connectivity index is 2.27. The molecule has 6 atom stereocenters. The zero-order valence-corrected chi connectivity index (χ0v) is 44.6. The Labute approximate surface area is 416 Å². The molecule has 0 saturated heterocycles. The fraction of sp³-hybridized carbons (Fsp3) is 0.945. The molecule has 0 aromatic heterocycles. The molecular weight excluding hydrogens is 884 g/mol. The maximum Gasteiger partial charge on any atom is 0.472 e. The van der Waals surface area contributed by atoms with Crippen LogP contribution in [-0.4, -0.2) is 98.9 Å². The highest BCUT2D eigenvalue weighted by molar-refractivity contribution is 7.47. The SMILES string of the molecule is CCCCCCCC/C=C\CCCCCCCCCCOCC(COP(=O)(O)OC1C(O)C(O)C(O)C(O)C1O)OC(=O)CCCCCCCCCCCCCCCCCCCCCCCCC. The number of rotatable bonds is 50. The van der Waals surface area contributed by atoms with Gasteiger partial charge in [-0.3, -0.25) is 13.8 Å². The van der Waals surface area contributed by atoms with Crippen LogP contribution in [0.1, 0.15) is 271 Å². The number of unbranched alkanes of at least 4 members (excludes halogenated alkanes) is 36. The zero-order valence-electron chi connectivity index (χ0n) is 43.7. The number of carbonyl (C=O) groups excluding carboxylic acids is 1. The van der Waals surface area contributed by atoms with E-state index in [0.29, 0.717) is 13.0 Å². The first-order chi connectivity index (χ1) is 33.0. The Morgan fingerprint density at radius 1 is 0.456 bits per heavy atom. The highest BCUT2D eigenvalue weighted by Gasteiger charge is 2.51. The van der Waals surface area contributed by atoms with Crippen molar-refractivity contribution in [1.29, 1.82) is 0 Å². The van der Waals surface area contributed by atoms with Crippen LogP contribution >= 0.6 is 7.82 Å². The molecular formula is C55H107O12P. The third-order valence-electron chi connectivity index (χ3n) is 13.6. The molecule has 13 heteroatoms. The molecule has 1 rings (SSSR count). The highest BCUT2D eigenvalue weighted by atomic mass is 31.2. The van der Waals surface area contributed by atoms with Crippen LogP contribution in [0.5, 0.6) is 0 Å². The summed E-state index contributed by atoms with van der Waals surface area (Å²) in [5.41, 5.74) is 0. The van der Waals surface area contributed by atoms with E-state index in [2.05, 4.69) is 26.0 Å². The van der Waals surface area contributed by atoms with Crippen LogP contribution in [0.25, 0.3) is 0 Å². The summed E-state index contributed by atoms with van der Waals surface area (Å²) in [7, 11) is -5.02. The van der Waals surface area contributed by atoms with E-state index in [1.165, 1.54) is 205 Å². The van der Waals surface area contributed by atoms with Crippen molar-refractivity contribution in [2.24, 2.45) is 0 Å². The number of phosphoric acid groups is 1. The average molecular weight is 991 g/mol. The summed E-state index contributed by atoms with van der Waals surface area (Å²) < 4.78 is 34.4. The third kappa shape index (κ3) is 36.9. The molecule has 0 bridgehead atoms. The molecule has 0 spiro atoms. The van der Waals surface area contributed by atoms with Gasteiger partial charge in [-0.15, -0.1) is 0 Å². The maximum atomic E-state index is 12.9. The lowest BCUT2D eigenvalue weighted by atomic mass is 9.85. The molecule has 1 fully saturated rings. The van der Waals surface area contributed by atoms with Gasteiger partial charge in [-0.05, 0) is 38.5 Å². The summed E-state index contributed by atoms with van der Waals surface area (Å²) in [5.74, 6) is -0.470. The largest absolute Gasteiger partial charge is 0.472 e. The minimum atomic E-state index is -5.02. The molecule has 6 N–H and O–H groups in total. The second kappa shape index (κ2) is 45.9. The van der Waals surface area contributed by atoms with Gasteiger partial charge in [0.1, 0.15) is 42.7 Å². The van der Waals surface area contributed by atoms with Crippen molar-refractivity contribution in [2.75, 3.05) is 19.8 Å². The topological polar surface area (TPSA) is 192 Å². The fourth-order valence-corrected chi connectivity index (χ4v) is 10.1. The Morgan fingerprint density at radius 3 is 1.16 bits per heavy atom. The number of ether oxygens (including phenoxy) is 2.